The first-order valence-corrected chi connectivity index (χ1v) is 10.8. The van der Waals surface area contributed by atoms with Crippen molar-refractivity contribution in [2.75, 3.05) is 19.6 Å². The molecule has 0 aromatic heterocycles. The van der Waals surface area contributed by atoms with Gasteiger partial charge in [0.25, 0.3) is 5.91 Å². The lowest BCUT2D eigenvalue weighted by molar-refractivity contribution is 0.0954. The second-order valence-corrected chi connectivity index (χ2v) is 8.65. The number of sulfonamides is 1. The van der Waals surface area contributed by atoms with E-state index in [0.29, 0.717) is 31.1 Å². The number of halogens is 2. The minimum atomic E-state index is -3.66. The Bertz CT molecular complexity index is 913. The van der Waals surface area contributed by atoms with Crippen molar-refractivity contribution in [3.05, 3.63) is 63.6 Å². The van der Waals surface area contributed by atoms with Gasteiger partial charge < -0.3 is 5.32 Å². The molecule has 2 rings (SSSR count). The fourth-order valence-electron chi connectivity index (χ4n) is 2.66. The van der Waals surface area contributed by atoms with E-state index in [9.17, 15) is 13.2 Å². The molecular weight excluding hydrogens is 407 g/mol. The Morgan fingerprint density at radius 2 is 1.78 bits per heavy atom. The van der Waals surface area contributed by atoms with Gasteiger partial charge in [-0.15, -0.1) is 0 Å². The van der Waals surface area contributed by atoms with Crippen LogP contribution in [0.2, 0.25) is 10.0 Å². The van der Waals surface area contributed by atoms with Gasteiger partial charge in [0.1, 0.15) is 0 Å². The second kappa shape index (κ2) is 9.55. The molecular formula is C19H22Cl2N2O3S. The summed E-state index contributed by atoms with van der Waals surface area (Å²) in [6.45, 7) is 4.61. The molecule has 2 aromatic carbocycles. The standard InChI is InChI=1S/C19H22Cl2N2O3S/c1-3-23(4-2)27(25,26)16-8-9-18(21)17(13-16)19(24)22-11-10-14-6-5-7-15(20)12-14/h5-9,12-13H,3-4,10-11H2,1-2H3,(H,22,24). The van der Waals surface area contributed by atoms with Gasteiger partial charge in [0.2, 0.25) is 10.0 Å². The van der Waals surface area contributed by atoms with Crippen molar-refractivity contribution in [3.8, 4) is 0 Å². The predicted molar refractivity (Wildman–Crippen MR) is 109 cm³/mol. The second-order valence-electron chi connectivity index (χ2n) is 5.87. The molecule has 0 heterocycles. The lowest BCUT2D eigenvalue weighted by atomic mass is 10.1. The van der Waals surface area contributed by atoms with E-state index < -0.39 is 15.9 Å². The highest BCUT2D eigenvalue weighted by atomic mass is 35.5. The monoisotopic (exact) mass is 428 g/mol. The van der Waals surface area contributed by atoms with Gasteiger partial charge in [-0.05, 0) is 42.3 Å². The van der Waals surface area contributed by atoms with Crippen LogP contribution in [0.4, 0.5) is 0 Å². The minimum absolute atomic E-state index is 0.0515. The van der Waals surface area contributed by atoms with E-state index in [0.717, 1.165) is 5.56 Å². The van der Waals surface area contributed by atoms with E-state index in [1.165, 1.54) is 22.5 Å². The fourth-order valence-corrected chi connectivity index (χ4v) is 4.56. The molecule has 1 amide bonds. The Labute approximate surface area is 170 Å². The number of nitrogens with zero attached hydrogens (tertiary/aromatic N) is 1. The minimum Gasteiger partial charge on any atom is -0.352 e. The Hall–Kier alpha value is -1.60. The Balaban J connectivity index is 2.14. The largest absolute Gasteiger partial charge is 0.352 e. The van der Waals surface area contributed by atoms with E-state index in [-0.39, 0.29) is 15.5 Å². The number of hydrogen-bond donors (Lipinski definition) is 1. The highest BCUT2D eigenvalue weighted by molar-refractivity contribution is 7.89. The van der Waals surface area contributed by atoms with Gasteiger partial charge >= 0.3 is 0 Å². The summed E-state index contributed by atoms with van der Waals surface area (Å²) in [6.07, 6.45) is 0.599. The molecule has 0 fully saturated rings. The third-order valence-electron chi connectivity index (χ3n) is 4.11. The molecule has 0 atom stereocenters. The molecule has 0 aliphatic heterocycles. The summed E-state index contributed by atoms with van der Waals surface area (Å²) >= 11 is 12.1. The van der Waals surface area contributed by atoms with Crippen LogP contribution in [0.25, 0.3) is 0 Å². The van der Waals surface area contributed by atoms with E-state index in [1.807, 2.05) is 18.2 Å². The SMILES string of the molecule is CCN(CC)S(=O)(=O)c1ccc(Cl)c(C(=O)NCCc2cccc(Cl)c2)c1. The number of nitrogens with one attached hydrogen (secondary N) is 1. The maximum absolute atomic E-state index is 12.7. The predicted octanol–water partition coefficient (Wildman–Crippen LogP) is 4.00. The normalized spacial score (nSPS) is 11.6. The van der Waals surface area contributed by atoms with Crippen LogP contribution in [0.15, 0.2) is 47.4 Å². The van der Waals surface area contributed by atoms with Gasteiger partial charge in [-0.3, -0.25) is 4.79 Å². The molecule has 0 bridgehead atoms. The van der Waals surface area contributed by atoms with Crippen molar-refractivity contribution in [3.63, 3.8) is 0 Å². The Morgan fingerprint density at radius 3 is 2.41 bits per heavy atom. The highest BCUT2D eigenvalue weighted by Crippen LogP contribution is 2.23. The van der Waals surface area contributed by atoms with Gasteiger partial charge in [0, 0.05) is 24.7 Å². The number of carbonyl (C=O) groups excluding carboxylic acids is 1. The first-order valence-electron chi connectivity index (χ1n) is 8.62. The molecule has 0 saturated heterocycles. The maximum Gasteiger partial charge on any atom is 0.252 e. The van der Waals surface area contributed by atoms with Crippen LogP contribution in [0.5, 0.6) is 0 Å². The number of rotatable bonds is 8. The number of carbonyl (C=O) groups is 1. The zero-order valence-electron chi connectivity index (χ0n) is 15.2. The molecule has 0 radical (unpaired) electrons. The highest BCUT2D eigenvalue weighted by Gasteiger charge is 2.23. The van der Waals surface area contributed by atoms with E-state index in [1.54, 1.807) is 19.9 Å². The molecule has 8 heteroatoms. The van der Waals surface area contributed by atoms with Gasteiger partial charge in [-0.25, -0.2) is 8.42 Å². The van der Waals surface area contributed by atoms with Crippen LogP contribution in [-0.2, 0) is 16.4 Å². The van der Waals surface area contributed by atoms with Crippen molar-refractivity contribution in [2.24, 2.45) is 0 Å². The summed E-state index contributed by atoms with van der Waals surface area (Å²) < 4.78 is 26.6. The van der Waals surface area contributed by atoms with Crippen molar-refractivity contribution >= 4 is 39.1 Å². The number of benzene rings is 2. The van der Waals surface area contributed by atoms with Crippen LogP contribution >= 0.6 is 23.2 Å². The van der Waals surface area contributed by atoms with Crippen LogP contribution in [-0.4, -0.2) is 38.3 Å². The van der Waals surface area contributed by atoms with E-state index >= 15 is 0 Å². The van der Waals surface area contributed by atoms with Crippen LogP contribution < -0.4 is 5.32 Å². The summed E-state index contributed by atoms with van der Waals surface area (Å²) in [5, 5.41) is 3.61. The van der Waals surface area contributed by atoms with Crippen LogP contribution in [0.3, 0.4) is 0 Å². The summed E-state index contributed by atoms with van der Waals surface area (Å²) in [5.74, 6) is -0.418. The third-order valence-corrected chi connectivity index (χ3v) is 6.72. The van der Waals surface area contributed by atoms with Crippen molar-refractivity contribution in [2.45, 2.75) is 25.2 Å². The molecule has 146 valence electrons. The first-order chi connectivity index (χ1) is 12.8. The summed E-state index contributed by atoms with van der Waals surface area (Å²) in [6, 6.07) is 11.6. The molecule has 27 heavy (non-hydrogen) atoms. The van der Waals surface area contributed by atoms with E-state index in [2.05, 4.69) is 5.32 Å². The zero-order chi connectivity index (χ0) is 20.0. The van der Waals surface area contributed by atoms with Crippen LogP contribution in [0.1, 0.15) is 29.8 Å². The van der Waals surface area contributed by atoms with Gasteiger partial charge in [0.15, 0.2) is 0 Å². The van der Waals surface area contributed by atoms with Gasteiger partial charge in [-0.1, -0.05) is 49.2 Å². The average molecular weight is 429 g/mol. The molecule has 2 aromatic rings. The van der Waals surface area contributed by atoms with Gasteiger partial charge in [-0.2, -0.15) is 4.31 Å². The quantitative estimate of drug-likeness (QED) is 0.690. The zero-order valence-corrected chi connectivity index (χ0v) is 17.5. The average Bonchev–Trinajstić information content (AvgIpc) is 2.62. The third kappa shape index (κ3) is 5.45. The molecule has 0 spiro atoms. The Morgan fingerprint density at radius 1 is 1.07 bits per heavy atom. The lowest BCUT2D eigenvalue weighted by Crippen LogP contribution is -2.31. The van der Waals surface area contributed by atoms with Crippen molar-refractivity contribution in [1.29, 1.82) is 0 Å². The smallest absolute Gasteiger partial charge is 0.252 e. The van der Waals surface area contributed by atoms with Crippen molar-refractivity contribution < 1.29 is 13.2 Å². The summed E-state index contributed by atoms with van der Waals surface area (Å²) in [5.41, 5.74) is 1.13. The topological polar surface area (TPSA) is 66.5 Å². The fraction of sp³-hybridized carbons (Fsp3) is 0.316. The molecule has 0 aliphatic rings. The van der Waals surface area contributed by atoms with Crippen LogP contribution in [0, 0.1) is 0 Å². The first kappa shape index (κ1) is 21.7. The van der Waals surface area contributed by atoms with Gasteiger partial charge in [0.05, 0.1) is 15.5 Å². The maximum atomic E-state index is 12.7. The van der Waals surface area contributed by atoms with Crippen molar-refractivity contribution in [1.82, 2.24) is 9.62 Å². The molecule has 0 unspecified atom stereocenters. The molecule has 1 N–H and O–H groups in total. The lowest BCUT2D eigenvalue weighted by Gasteiger charge is -2.19. The molecule has 0 aliphatic carbocycles. The molecule has 5 nitrogen and oxygen atoms in total. The van der Waals surface area contributed by atoms with E-state index in [4.69, 9.17) is 23.2 Å². The number of amides is 1. The number of hydrogen-bond acceptors (Lipinski definition) is 3. The summed E-state index contributed by atoms with van der Waals surface area (Å²) in [4.78, 5) is 12.5. The summed E-state index contributed by atoms with van der Waals surface area (Å²) in [7, 11) is -3.66. The Kier molecular flexibility index (Phi) is 7.68. The molecule has 0 saturated carbocycles.